The maximum absolute atomic E-state index is 12.8. The molecule has 4 rings (SSSR count). The molecule has 1 atom stereocenters. The van der Waals surface area contributed by atoms with Crippen LogP contribution in [0.2, 0.25) is 0 Å². The van der Waals surface area contributed by atoms with E-state index >= 15 is 0 Å². The predicted molar refractivity (Wildman–Crippen MR) is 102 cm³/mol. The number of H-pyrrole nitrogens is 1. The average Bonchev–Trinajstić information content (AvgIpc) is 3.32. The Bertz CT molecular complexity index is 935. The third-order valence-corrected chi connectivity index (χ3v) is 4.69. The first-order valence-corrected chi connectivity index (χ1v) is 8.72. The molecule has 3 N–H and O–H groups in total. The lowest BCUT2D eigenvalue weighted by Gasteiger charge is -2.24. The number of amides is 3. The minimum absolute atomic E-state index is 0.153. The summed E-state index contributed by atoms with van der Waals surface area (Å²) < 4.78 is 0. The van der Waals surface area contributed by atoms with Crippen LogP contribution in [-0.4, -0.2) is 34.4 Å². The van der Waals surface area contributed by atoms with Gasteiger partial charge in [-0.3, -0.25) is 4.79 Å². The number of hydrogen-bond acceptors (Lipinski definition) is 2. The van der Waals surface area contributed by atoms with E-state index in [2.05, 4.69) is 15.6 Å². The molecule has 0 aliphatic carbocycles. The Morgan fingerprint density at radius 2 is 1.85 bits per heavy atom. The molecule has 0 bridgehead atoms. The third kappa shape index (κ3) is 3.13. The molecule has 132 valence electrons. The number of aromatic amines is 1. The van der Waals surface area contributed by atoms with Crippen LogP contribution >= 0.6 is 0 Å². The van der Waals surface area contributed by atoms with E-state index in [9.17, 15) is 9.59 Å². The topological polar surface area (TPSA) is 77.2 Å². The van der Waals surface area contributed by atoms with Crippen LogP contribution in [0.5, 0.6) is 0 Å². The van der Waals surface area contributed by atoms with Crippen LogP contribution in [0.4, 0.5) is 16.2 Å². The van der Waals surface area contributed by atoms with Gasteiger partial charge in [0.15, 0.2) is 0 Å². The molecule has 3 amide bonds. The molecule has 0 saturated carbocycles. The summed E-state index contributed by atoms with van der Waals surface area (Å²) in [5, 5.41) is 6.80. The van der Waals surface area contributed by atoms with Crippen molar-refractivity contribution in [2.75, 3.05) is 17.2 Å². The van der Waals surface area contributed by atoms with Gasteiger partial charge >= 0.3 is 6.03 Å². The number of rotatable bonds is 3. The quantitative estimate of drug-likeness (QED) is 0.673. The Morgan fingerprint density at radius 3 is 2.69 bits per heavy atom. The van der Waals surface area contributed by atoms with Gasteiger partial charge in [-0.1, -0.05) is 24.3 Å². The maximum Gasteiger partial charge on any atom is 0.322 e. The molecule has 6 heteroatoms. The molecule has 2 aromatic carbocycles. The Labute approximate surface area is 151 Å². The van der Waals surface area contributed by atoms with Crippen LogP contribution < -0.4 is 10.6 Å². The number of para-hydroxylation sites is 1. The fourth-order valence-corrected chi connectivity index (χ4v) is 3.41. The Kier molecular flexibility index (Phi) is 4.31. The number of hydrogen-bond donors (Lipinski definition) is 3. The molecular weight excluding hydrogens is 328 g/mol. The number of nitrogens with one attached hydrogen (secondary N) is 3. The molecule has 1 fully saturated rings. The molecule has 0 spiro atoms. The number of benzene rings is 2. The van der Waals surface area contributed by atoms with Gasteiger partial charge < -0.3 is 20.5 Å². The van der Waals surface area contributed by atoms with E-state index in [1.807, 2.05) is 60.8 Å². The Balaban J connectivity index is 1.48. The van der Waals surface area contributed by atoms with Gasteiger partial charge in [0.1, 0.15) is 6.04 Å². The number of carbonyl (C=O) groups excluding carboxylic acids is 2. The van der Waals surface area contributed by atoms with Gasteiger partial charge in [-0.05, 0) is 43.2 Å². The highest BCUT2D eigenvalue weighted by Crippen LogP contribution is 2.25. The SMILES string of the molecule is O=C(Nc1cccc2[nH]ccc12)[C@@H]1CCCN1C(=O)Nc1ccccc1. The molecule has 0 radical (unpaired) electrons. The summed E-state index contributed by atoms with van der Waals surface area (Å²) in [5.41, 5.74) is 2.44. The number of urea groups is 1. The van der Waals surface area contributed by atoms with Crippen molar-refractivity contribution in [3.63, 3.8) is 0 Å². The minimum Gasteiger partial charge on any atom is -0.361 e. The van der Waals surface area contributed by atoms with Crippen LogP contribution in [0.25, 0.3) is 10.9 Å². The second kappa shape index (κ2) is 6.92. The Morgan fingerprint density at radius 1 is 1.00 bits per heavy atom. The van der Waals surface area contributed by atoms with Gasteiger partial charge in [-0.25, -0.2) is 4.79 Å². The van der Waals surface area contributed by atoms with Crippen LogP contribution in [0.15, 0.2) is 60.8 Å². The summed E-state index contributed by atoms with van der Waals surface area (Å²) in [6.45, 7) is 0.575. The number of fused-ring (bicyclic) bond motifs is 1. The summed E-state index contributed by atoms with van der Waals surface area (Å²) in [5.74, 6) is -0.153. The van der Waals surface area contributed by atoms with Crippen molar-refractivity contribution in [1.29, 1.82) is 0 Å². The summed E-state index contributed by atoms with van der Waals surface area (Å²) >= 11 is 0. The zero-order valence-electron chi connectivity index (χ0n) is 14.2. The normalized spacial score (nSPS) is 16.6. The molecule has 3 aromatic rings. The largest absolute Gasteiger partial charge is 0.361 e. The van der Waals surface area contributed by atoms with Gasteiger partial charge in [0, 0.05) is 29.3 Å². The summed E-state index contributed by atoms with van der Waals surface area (Å²) in [4.78, 5) is 30.1. The highest BCUT2D eigenvalue weighted by molar-refractivity contribution is 6.04. The summed E-state index contributed by atoms with van der Waals surface area (Å²) in [6.07, 6.45) is 3.32. The molecule has 6 nitrogen and oxygen atoms in total. The van der Waals surface area contributed by atoms with Crippen molar-refractivity contribution in [2.45, 2.75) is 18.9 Å². The predicted octanol–water partition coefficient (Wildman–Crippen LogP) is 3.80. The maximum atomic E-state index is 12.8. The van der Waals surface area contributed by atoms with Gasteiger partial charge in [0.25, 0.3) is 0 Å². The van der Waals surface area contributed by atoms with Crippen LogP contribution in [0, 0.1) is 0 Å². The van der Waals surface area contributed by atoms with Crippen LogP contribution in [0.3, 0.4) is 0 Å². The average molecular weight is 348 g/mol. The fourth-order valence-electron chi connectivity index (χ4n) is 3.41. The molecule has 1 saturated heterocycles. The summed E-state index contributed by atoms with van der Waals surface area (Å²) in [6, 6.07) is 16.2. The second-order valence-corrected chi connectivity index (χ2v) is 6.38. The number of aromatic nitrogens is 1. The van der Waals surface area contributed by atoms with Crippen molar-refractivity contribution in [3.8, 4) is 0 Å². The number of carbonyl (C=O) groups is 2. The van der Waals surface area contributed by atoms with Gasteiger partial charge in [0.2, 0.25) is 5.91 Å². The molecule has 1 aromatic heterocycles. The van der Waals surface area contributed by atoms with E-state index in [1.165, 1.54) is 0 Å². The van der Waals surface area contributed by atoms with E-state index in [1.54, 1.807) is 4.90 Å². The highest BCUT2D eigenvalue weighted by atomic mass is 16.2. The molecule has 2 heterocycles. The molecule has 1 aliphatic rings. The first-order chi connectivity index (χ1) is 12.7. The number of likely N-dealkylation sites (tertiary alicyclic amines) is 1. The van der Waals surface area contributed by atoms with Crippen molar-refractivity contribution in [1.82, 2.24) is 9.88 Å². The van der Waals surface area contributed by atoms with Gasteiger partial charge in [0.05, 0.1) is 5.69 Å². The Hall–Kier alpha value is -3.28. The fraction of sp³-hybridized carbons (Fsp3) is 0.200. The van der Waals surface area contributed by atoms with Crippen molar-refractivity contribution in [3.05, 3.63) is 60.8 Å². The number of nitrogens with zero attached hydrogens (tertiary/aromatic N) is 1. The van der Waals surface area contributed by atoms with E-state index in [-0.39, 0.29) is 11.9 Å². The molecule has 1 aliphatic heterocycles. The monoisotopic (exact) mass is 348 g/mol. The van der Waals surface area contributed by atoms with Crippen molar-refractivity contribution >= 4 is 34.2 Å². The van der Waals surface area contributed by atoms with Gasteiger partial charge in [-0.2, -0.15) is 0 Å². The first-order valence-electron chi connectivity index (χ1n) is 8.72. The van der Waals surface area contributed by atoms with Crippen molar-refractivity contribution < 1.29 is 9.59 Å². The standard InChI is InChI=1S/C20H20N4O2/c25-19(23-17-9-4-8-16-15(17)11-12-21-16)18-10-5-13-24(18)20(26)22-14-6-2-1-3-7-14/h1-4,6-9,11-12,18,21H,5,10,13H2,(H,22,26)(H,23,25)/t18-/m0/s1. The second-order valence-electron chi connectivity index (χ2n) is 6.38. The third-order valence-electron chi connectivity index (χ3n) is 4.69. The van der Waals surface area contributed by atoms with E-state index in [0.717, 1.165) is 28.7 Å². The minimum atomic E-state index is -0.465. The van der Waals surface area contributed by atoms with E-state index in [4.69, 9.17) is 0 Å². The lowest BCUT2D eigenvalue weighted by molar-refractivity contribution is -0.119. The molecule has 26 heavy (non-hydrogen) atoms. The molecular formula is C20H20N4O2. The lowest BCUT2D eigenvalue weighted by Crippen LogP contribution is -2.45. The first kappa shape index (κ1) is 16.2. The number of anilines is 2. The smallest absolute Gasteiger partial charge is 0.322 e. The van der Waals surface area contributed by atoms with Crippen LogP contribution in [0.1, 0.15) is 12.8 Å². The highest BCUT2D eigenvalue weighted by Gasteiger charge is 2.34. The van der Waals surface area contributed by atoms with Crippen molar-refractivity contribution in [2.24, 2.45) is 0 Å². The van der Waals surface area contributed by atoms with E-state index < -0.39 is 6.04 Å². The van der Waals surface area contributed by atoms with Crippen LogP contribution in [-0.2, 0) is 4.79 Å². The zero-order valence-corrected chi connectivity index (χ0v) is 14.2. The lowest BCUT2D eigenvalue weighted by atomic mass is 10.1. The summed E-state index contributed by atoms with van der Waals surface area (Å²) in [7, 11) is 0. The molecule has 0 unspecified atom stereocenters. The van der Waals surface area contributed by atoms with E-state index in [0.29, 0.717) is 13.0 Å². The van der Waals surface area contributed by atoms with Gasteiger partial charge in [-0.15, -0.1) is 0 Å². The zero-order chi connectivity index (χ0) is 17.9.